The van der Waals surface area contributed by atoms with Gasteiger partial charge in [0.1, 0.15) is 5.82 Å². The Kier molecular flexibility index (Phi) is 6.23. The normalized spacial score (nSPS) is 13.9. The summed E-state index contributed by atoms with van der Waals surface area (Å²) in [6, 6.07) is 16.3. The number of carbonyl (C=O) groups excluding carboxylic acids is 1. The van der Waals surface area contributed by atoms with Crippen LogP contribution in [0.3, 0.4) is 0 Å². The highest BCUT2D eigenvalue weighted by molar-refractivity contribution is 7.98. The Hall–Kier alpha value is -2.60. The Morgan fingerprint density at radius 1 is 1.03 bits per heavy atom. The second-order valence-electron chi connectivity index (χ2n) is 8.06. The van der Waals surface area contributed by atoms with Crippen molar-refractivity contribution in [2.45, 2.75) is 50.4 Å². The first-order valence-corrected chi connectivity index (χ1v) is 11.6. The van der Waals surface area contributed by atoms with Gasteiger partial charge in [0, 0.05) is 30.3 Å². The number of aromatic nitrogens is 3. The summed E-state index contributed by atoms with van der Waals surface area (Å²) in [5.74, 6) is 2.04. The third kappa shape index (κ3) is 4.15. The molecule has 0 N–H and O–H groups in total. The van der Waals surface area contributed by atoms with Gasteiger partial charge in [-0.25, -0.2) is 0 Å². The molecule has 1 saturated heterocycles. The molecule has 0 spiro atoms. The monoisotopic (exact) mass is 420 g/mol. The van der Waals surface area contributed by atoms with E-state index >= 15 is 0 Å². The molecule has 1 amide bonds. The lowest BCUT2D eigenvalue weighted by atomic mass is 10.1. The van der Waals surface area contributed by atoms with Gasteiger partial charge in [-0.1, -0.05) is 62.0 Å². The maximum Gasteiger partial charge on any atom is 0.254 e. The zero-order valence-corrected chi connectivity index (χ0v) is 18.7. The fraction of sp³-hybridized carbons (Fsp3) is 0.375. The van der Waals surface area contributed by atoms with Crippen LogP contribution in [0, 0.1) is 6.92 Å². The lowest BCUT2D eigenvalue weighted by Gasteiger charge is -2.18. The zero-order valence-electron chi connectivity index (χ0n) is 17.8. The van der Waals surface area contributed by atoms with Crippen LogP contribution in [0.2, 0.25) is 0 Å². The van der Waals surface area contributed by atoms with Crippen molar-refractivity contribution in [1.29, 1.82) is 0 Å². The lowest BCUT2D eigenvalue weighted by molar-refractivity contribution is 0.0792. The number of benzene rings is 2. The number of amides is 1. The standard InChI is InChI=1S/C24H28N4OS/c1-17(2)22-25-26-24(28(22)21-13-7-4-10-18(21)3)30-16-19-11-5-6-12-20(19)23(29)27-14-8-9-15-27/h4-7,10-13,17H,8-9,14-16H2,1-3H3. The molecule has 0 atom stereocenters. The van der Waals surface area contributed by atoms with Crippen molar-refractivity contribution >= 4 is 17.7 Å². The lowest BCUT2D eigenvalue weighted by Crippen LogP contribution is -2.28. The average molecular weight is 421 g/mol. The largest absolute Gasteiger partial charge is 0.339 e. The van der Waals surface area contributed by atoms with Crippen LogP contribution in [0.5, 0.6) is 0 Å². The summed E-state index contributed by atoms with van der Waals surface area (Å²) in [4.78, 5) is 15.0. The fourth-order valence-corrected chi connectivity index (χ4v) is 4.83. The summed E-state index contributed by atoms with van der Waals surface area (Å²) >= 11 is 1.63. The maximum atomic E-state index is 13.0. The van der Waals surface area contributed by atoms with Crippen molar-refractivity contribution in [3.63, 3.8) is 0 Å². The van der Waals surface area contributed by atoms with Crippen molar-refractivity contribution in [2.75, 3.05) is 13.1 Å². The Morgan fingerprint density at radius 3 is 2.47 bits per heavy atom. The fourth-order valence-electron chi connectivity index (χ4n) is 3.88. The molecule has 2 aromatic carbocycles. The summed E-state index contributed by atoms with van der Waals surface area (Å²) in [5, 5.41) is 9.84. The van der Waals surface area contributed by atoms with E-state index in [2.05, 4.69) is 47.7 Å². The van der Waals surface area contributed by atoms with E-state index in [9.17, 15) is 4.79 Å². The minimum Gasteiger partial charge on any atom is -0.339 e. The van der Waals surface area contributed by atoms with Crippen LogP contribution in [0.1, 0.15) is 59.9 Å². The highest BCUT2D eigenvalue weighted by Crippen LogP contribution is 2.30. The van der Waals surface area contributed by atoms with E-state index in [0.717, 1.165) is 53.7 Å². The van der Waals surface area contributed by atoms with Crippen LogP contribution in [0.15, 0.2) is 53.7 Å². The number of likely N-dealkylation sites (tertiary alicyclic amines) is 1. The van der Waals surface area contributed by atoms with Crippen LogP contribution >= 0.6 is 11.8 Å². The van der Waals surface area contributed by atoms with Gasteiger partial charge in [-0.05, 0) is 43.0 Å². The first-order valence-electron chi connectivity index (χ1n) is 10.6. The van der Waals surface area contributed by atoms with Crippen molar-refractivity contribution in [1.82, 2.24) is 19.7 Å². The maximum absolute atomic E-state index is 13.0. The third-order valence-electron chi connectivity index (χ3n) is 5.53. The second kappa shape index (κ2) is 9.04. The summed E-state index contributed by atoms with van der Waals surface area (Å²) in [6.45, 7) is 8.10. The molecule has 0 unspecified atom stereocenters. The van der Waals surface area contributed by atoms with Crippen LogP contribution in [0.25, 0.3) is 5.69 Å². The third-order valence-corrected chi connectivity index (χ3v) is 6.51. The van der Waals surface area contributed by atoms with E-state index in [1.165, 1.54) is 5.56 Å². The predicted molar refractivity (Wildman–Crippen MR) is 121 cm³/mol. The number of carbonyl (C=O) groups is 1. The van der Waals surface area contributed by atoms with E-state index in [4.69, 9.17) is 0 Å². The Bertz CT molecular complexity index is 1040. The first kappa shape index (κ1) is 20.7. The zero-order chi connectivity index (χ0) is 21.1. The Labute approximate surface area is 182 Å². The van der Waals surface area contributed by atoms with E-state index in [0.29, 0.717) is 5.75 Å². The van der Waals surface area contributed by atoms with Crippen molar-refractivity contribution < 1.29 is 4.79 Å². The van der Waals surface area contributed by atoms with Gasteiger partial charge in [-0.3, -0.25) is 9.36 Å². The molecule has 1 fully saturated rings. The summed E-state index contributed by atoms with van der Waals surface area (Å²) < 4.78 is 2.16. The van der Waals surface area contributed by atoms with Gasteiger partial charge in [0.15, 0.2) is 5.16 Å². The van der Waals surface area contributed by atoms with Gasteiger partial charge in [-0.15, -0.1) is 10.2 Å². The molecular formula is C24H28N4OS. The van der Waals surface area contributed by atoms with Gasteiger partial charge in [0.25, 0.3) is 5.91 Å². The molecule has 0 saturated carbocycles. The van der Waals surface area contributed by atoms with Gasteiger partial charge < -0.3 is 4.90 Å². The van der Waals surface area contributed by atoms with Gasteiger partial charge in [-0.2, -0.15) is 0 Å². The second-order valence-corrected chi connectivity index (χ2v) is 9.00. The highest BCUT2D eigenvalue weighted by Gasteiger charge is 2.23. The van der Waals surface area contributed by atoms with Crippen LogP contribution in [-0.4, -0.2) is 38.7 Å². The highest BCUT2D eigenvalue weighted by atomic mass is 32.2. The smallest absolute Gasteiger partial charge is 0.254 e. The topological polar surface area (TPSA) is 51.0 Å². The summed E-state index contributed by atoms with van der Waals surface area (Å²) in [6.07, 6.45) is 2.19. The summed E-state index contributed by atoms with van der Waals surface area (Å²) in [7, 11) is 0. The first-order chi connectivity index (χ1) is 14.6. The van der Waals surface area contributed by atoms with Gasteiger partial charge in [0.05, 0.1) is 5.69 Å². The van der Waals surface area contributed by atoms with Crippen molar-refractivity contribution in [3.8, 4) is 5.69 Å². The van der Waals surface area contributed by atoms with E-state index in [1.807, 2.05) is 41.3 Å². The number of hydrogen-bond acceptors (Lipinski definition) is 4. The molecule has 6 heteroatoms. The molecule has 2 heterocycles. The molecule has 1 aliphatic heterocycles. The molecule has 3 aromatic rings. The Morgan fingerprint density at radius 2 is 1.73 bits per heavy atom. The number of para-hydroxylation sites is 1. The predicted octanol–water partition coefficient (Wildman–Crippen LogP) is 5.23. The number of thioether (sulfide) groups is 1. The minimum atomic E-state index is 0.145. The van der Waals surface area contributed by atoms with Crippen LogP contribution in [-0.2, 0) is 5.75 Å². The molecule has 156 valence electrons. The van der Waals surface area contributed by atoms with Crippen LogP contribution in [0.4, 0.5) is 0 Å². The molecular weight excluding hydrogens is 392 g/mol. The van der Waals surface area contributed by atoms with Crippen molar-refractivity contribution in [3.05, 3.63) is 71.0 Å². The number of nitrogens with zero attached hydrogens (tertiary/aromatic N) is 4. The molecule has 30 heavy (non-hydrogen) atoms. The Balaban J connectivity index is 1.63. The molecule has 1 aliphatic rings. The number of aryl methyl sites for hydroxylation is 1. The molecule has 4 rings (SSSR count). The quantitative estimate of drug-likeness (QED) is 0.513. The number of hydrogen-bond donors (Lipinski definition) is 0. The van der Waals surface area contributed by atoms with E-state index in [1.54, 1.807) is 11.8 Å². The molecule has 0 aliphatic carbocycles. The molecule has 0 radical (unpaired) electrons. The molecule has 5 nitrogen and oxygen atoms in total. The van der Waals surface area contributed by atoms with E-state index in [-0.39, 0.29) is 11.8 Å². The molecule has 1 aromatic heterocycles. The SMILES string of the molecule is Cc1ccccc1-n1c(SCc2ccccc2C(=O)N2CCCC2)nnc1C(C)C. The van der Waals surface area contributed by atoms with Gasteiger partial charge >= 0.3 is 0 Å². The van der Waals surface area contributed by atoms with Gasteiger partial charge in [0.2, 0.25) is 0 Å². The minimum absolute atomic E-state index is 0.145. The average Bonchev–Trinajstić information content (AvgIpc) is 3.42. The van der Waals surface area contributed by atoms with E-state index < -0.39 is 0 Å². The van der Waals surface area contributed by atoms with Crippen LogP contribution < -0.4 is 0 Å². The number of rotatable bonds is 6. The molecule has 0 bridgehead atoms. The van der Waals surface area contributed by atoms with Crippen molar-refractivity contribution in [2.24, 2.45) is 0 Å². The summed E-state index contributed by atoms with van der Waals surface area (Å²) in [5.41, 5.74) is 4.14.